The molecule has 0 saturated heterocycles. The second-order valence-electron chi connectivity index (χ2n) is 5.54. The van der Waals surface area contributed by atoms with E-state index in [1.807, 2.05) is 25.1 Å². The van der Waals surface area contributed by atoms with Gasteiger partial charge in [0.1, 0.15) is 17.7 Å². The highest BCUT2D eigenvalue weighted by Crippen LogP contribution is 2.27. The molecule has 0 aromatic heterocycles. The molecule has 0 heterocycles. The van der Waals surface area contributed by atoms with Gasteiger partial charge in [-0.05, 0) is 30.9 Å². The number of hydrogen-bond acceptors (Lipinski definition) is 4. The molecule has 1 unspecified atom stereocenters. The Morgan fingerprint density at radius 3 is 2.48 bits per heavy atom. The number of carbonyl (C=O) groups excluding carboxylic acids is 1. The number of carboxylic acid groups (broad SMARTS) is 1. The van der Waals surface area contributed by atoms with E-state index in [9.17, 15) is 9.59 Å². The van der Waals surface area contributed by atoms with E-state index in [0.717, 1.165) is 16.8 Å². The third-order valence-electron chi connectivity index (χ3n) is 3.37. The number of nitrogens with zero attached hydrogens (tertiary/aromatic N) is 1. The number of hydrogen-bond donors (Lipinski definition) is 3. The highest BCUT2D eigenvalue weighted by atomic mass is 16.4. The Labute approximate surface area is 135 Å². The predicted octanol–water partition coefficient (Wildman–Crippen LogP) is 2.53. The van der Waals surface area contributed by atoms with Crippen molar-refractivity contribution in [2.75, 3.05) is 5.32 Å². The third kappa shape index (κ3) is 4.85. The highest BCUT2D eigenvalue weighted by molar-refractivity contribution is 5.99. The molecule has 0 radical (unpaired) electrons. The fraction of sp³-hybridized carbons (Fsp3) is 0.353. The van der Waals surface area contributed by atoms with E-state index >= 15 is 0 Å². The third-order valence-corrected chi connectivity index (χ3v) is 3.37. The average molecular weight is 315 g/mol. The summed E-state index contributed by atoms with van der Waals surface area (Å²) in [6, 6.07) is 6.57. The topological polar surface area (TPSA) is 102 Å². The van der Waals surface area contributed by atoms with Gasteiger partial charge < -0.3 is 15.7 Å². The van der Waals surface area contributed by atoms with Gasteiger partial charge in [0, 0.05) is 11.9 Å². The van der Waals surface area contributed by atoms with Crippen LogP contribution in [-0.2, 0) is 9.59 Å². The van der Waals surface area contributed by atoms with Crippen LogP contribution in [-0.4, -0.2) is 23.0 Å². The first kappa shape index (κ1) is 18.2. The maximum atomic E-state index is 11.9. The molecule has 3 N–H and O–H groups in total. The number of aryl methyl sites for hydroxylation is 1. The molecule has 23 heavy (non-hydrogen) atoms. The van der Waals surface area contributed by atoms with Crippen LogP contribution >= 0.6 is 0 Å². The van der Waals surface area contributed by atoms with Crippen molar-refractivity contribution in [1.82, 2.24) is 5.32 Å². The quantitative estimate of drug-likeness (QED) is 0.553. The Hall–Kier alpha value is -2.81. The Morgan fingerprint density at radius 1 is 1.30 bits per heavy atom. The number of rotatable bonds is 6. The lowest BCUT2D eigenvalue weighted by Gasteiger charge is -2.15. The van der Waals surface area contributed by atoms with Crippen molar-refractivity contribution in [3.63, 3.8) is 0 Å². The summed E-state index contributed by atoms with van der Waals surface area (Å²) in [5.74, 6) is -1.61. The molecule has 0 fully saturated rings. The lowest BCUT2D eigenvalue weighted by atomic mass is 9.98. The van der Waals surface area contributed by atoms with Crippen molar-refractivity contribution in [3.05, 3.63) is 41.1 Å². The maximum Gasteiger partial charge on any atom is 0.325 e. The minimum absolute atomic E-state index is 0.184. The summed E-state index contributed by atoms with van der Waals surface area (Å²) in [7, 11) is 0. The summed E-state index contributed by atoms with van der Waals surface area (Å²) in [4.78, 5) is 22.7. The van der Waals surface area contributed by atoms with Gasteiger partial charge in [-0.2, -0.15) is 5.26 Å². The van der Waals surface area contributed by atoms with Gasteiger partial charge in [-0.3, -0.25) is 9.59 Å². The van der Waals surface area contributed by atoms with E-state index in [1.54, 1.807) is 6.07 Å². The van der Waals surface area contributed by atoms with E-state index in [1.165, 1.54) is 13.1 Å². The number of carbonyl (C=O) groups is 2. The Bertz CT molecular complexity index is 672. The van der Waals surface area contributed by atoms with E-state index in [0.29, 0.717) is 0 Å². The summed E-state index contributed by atoms with van der Waals surface area (Å²) in [5, 5.41) is 23.2. The summed E-state index contributed by atoms with van der Waals surface area (Å²) in [5.41, 5.74) is 2.72. The van der Waals surface area contributed by atoms with Gasteiger partial charge in [0.15, 0.2) is 0 Å². The van der Waals surface area contributed by atoms with Crippen LogP contribution in [0.4, 0.5) is 5.69 Å². The van der Waals surface area contributed by atoms with Crippen molar-refractivity contribution in [3.8, 4) is 6.07 Å². The van der Waals surface area contributed by atoms with Crippen molar-refractivity contribution in [1.29, 1.82) is 5.26 Å². The molecule has 6 heteroatoms. The number of aliphatic carboxylic acids is 1. The second-order valence-corrected chi connectivity index (χ2v) is 5.54. The molecule has 1 atom stereocenters. The number of nitriles is 1. The van der Waals surface area contributed by atoms with E-state index in [-0.39, 0.29) is 11.5 Å². The highest BCUT2D eigenvalue weighted by Gasteiger charge is 2.17. The minimum Gasteiger partial charge on any atom is -0.480 e. The van der Waals surface area contributed by atoms with Crippen LogP contribution < -0.4 is 10.6 Å². The number of anilines is 1. The van der Waals surface area contributed by atoms with Crippen LogP contribution in [0.3, 0.4) is 0 Å². The molecule has 0 aliphatic rings. The molecular formula is C17H21N3O3. The molecule has 6 nitrogen and oxygen atoms in total. The van der Waals surface area contributed by atoms with Crippen LogP contribution in [0.2, 0.25) is 0 Å². The first-order chi connectivity index (χ1) is 10.8. The zero-order valence-electron chi connectivity index (χ0n) is 13.7. The monoisotopic (exact) mass is 315 g/mol. The normalized spacial score (nSPS) is 12.4. The van der Waals surface area contributed by atoms with Gasteiger partial charge in [-0.15, -0.1) is 0 Å². The van der Waals surface area contributed by atoms with Crippen LogP contribution in [0.25, 0.3) is 0 Å². The molecule has 1 rings (SSSR count). The van der Waals surface area contributed by atoms with E-state index in [2.05, 4.69) is 24.5 Å². The number of benzene rings is 1. The lowest BCUT2D eigenvalue weighted by Crippen LogP contribution is -2.39. The zero-order valence-corrected chi connectivity index (χ0v) is 13.7. The van der Waals surface area contributed by atoms with Crippen molar-refractivity contribution >= 4 is 17.6 Å². The maximum absolute atomic E-state index is 11.9. The summed E-state index contributed by atoms with van der Waals surface area (Å²) in [6.07, 6.45) is 1.30. The summed E-state index contributed by atoms with van der Waals surface area (Å²) >= 11 is 0. The van der Waals surface area contributed by atoms with Gasteiger partial charge in [-0.1, -0.05) is 32.0 Å². The average Bonchev–Trinajstić information content (AvgIpc) is 2.48. The lowest BCUT2D eigenvalue weighted by molar-refractivity contribution is -0.140. The van der Waals surface area contributed by atoms with E-state index < -0.39 is 17.9 Å². The molecule has 0 aliphatic carbocycles. The van der Waals surface area contributed by atoms with Gasteiger partial charge >= 0.3 is 5.97 Å². The molecule has 1 aromatic rings. The molecule has 0 bridgehead atoms. The summed E-state index contributed by atoms with van der Waals surface area (Å²) < 4.78 is 0. The van der Waals surface area contributed by atoms with Crippen molar-refractivity contribution < 1.29 is 14.7 Å². The van der Waals surface area contributed by atoms with Crippen molar-refractivity contribution in [2.45, 2.75) is 39.7 Å². The summed E-state index contributed by atoms with van der Waals surface area (Å²) in [6.45, 7) is 7.37. The fourth-order valence-corrected chi connectivity index (χ4v) is 2.00. The molecule has 1 amide bonds. The number of carboxylic acids is 1. The smallest absolute Gasteiger partial charge is 0.325 e. The first-order valence-corrected chi connectivity index (χ1v) is 7.27. The Morgan fingerprint density at radius 2 is 1.96 bits per heavy atom. The second kappa shape index (κ2) is 7.99. The molecule has 0 saturated carbocycles. The fourth-order valence-electron chi connectivity index (χ4n) is 2.00. The largest absolute Gasteiger partial charge is 0.480 e. The van der Waals surface area contributed by atoms with Gasteiger partial charge in [-0.25, -0.2) is 0 Å². The molecule has 0 spiro atoms. The minimum atomic E-state index is -1.16. The van der Waals surface area contributed by atoms with Crippen LogP contribution in [0, 0.1) is 18.3 Å². The molecule has 122 valence electrons. The standard InChI is InChI=1S/C17H21N3O3/c1-10(2)14-7-5-6-11(3)15(14)19-9-13(8-18)16(21)20-12(4)17(22)23/h5-7,9-10,12,19H,1-4H3,(H,20,21)(H,22,23)/b13-9-. The number of nitrogens with one attached hydrogen (secondary N) is 2. The van der Waals surface area contributed by atoms with Gasteiger partial charge in [0.05, 0.1) is 0 Å². The van der Waals surface area contributed by atoms with Gasteiger partial charge in [0.2, 0.25) is 0 Å². The van der Waals surface area contributed by atoms with Crippen LogP contribution in [0.1, 0.15) is 37.8 Å². The molecule has 0 aliphatic heterocycles. The molecule has 1 aromatic carbocycles. The SMILES string of the molecule is Cc1cccc(C(C)C)c1N/C=C(/C#N)C(=O)NC(C)C(=O)O. The van der Waals surface area contributed by atoms with Crippen LogP contribution in [0.5, 0.6) is 0 Å². The Kier molecular flexibility index (Phi) is 6.34. The first-order valence-electron chi connectivity index (χ1n) is 7.27. The van der Waals surface area contributed by atoms with E-state index in [4.69, 9.17) is 10.4 Å². The number of para-hydroxylation sites is 1. The van der Waals surface area contributed by atoms with Crippen LogP contribution in [0.15, 0.2) is 30.0 Å². The zero-order chi connectivity index (χ0) is 17.6. The molecular weight excluding hydrogens is 294 g/mol. The van der Waals surface area contributed by atoms with Crippen molar-refractivity contribution in [2.24, 2.45) is 0 Å². The Balaban J connectivity index is 3.00. The van der Waals surface area contributed by atoms with Gasteiger partial charge in [0.25, 0.3) is 5.91 Å². The number of amides is 1. The predicted molar refractivity (Wildman–Crippen MR) is 87.8 cm³/mol.